The molecule has 0 bridgehead atoms. The number of rotatable bonds is 12. The van der Waals surface area contributed by atoms with Gasteiger partial charge in [-0.15, -0.1) is 19.5 Å². The quantitative estimate of drug-likeness (QED) is 0.312. The average Bonchev–Trinajstić information content (AvgIpc) is 2.45. The highest BCUT2D eigenvalue weighted by atomic mass is 35.5. The van der Waals surface area contributed by atoms with Crippen LogP contribution in [0.4, 0.5) is 0 Å². The van der Waals surface area contributed by atoms with Crippen LogP contribution in [0.3, 0.4) is 0 Å². The Morgan fingerprint density at radius 2 is 1.15 bits per heavy atom. The zero-order valence-electron chi connectivity index (χ0n) is 14.8. The van der Waals surface area contributed by atoms with Gasteiger partial charge in [0.2, 0.25) is 0 Å². The molecule has 3 heteroatoms. The summed E-state index contributed by atoms with van der Waals surface area (Å²) in [5, 5.41) is 0. The van der Waals surface area contributed by atoms with Crippen LogP contribution >= 0.6 is 19.5 Å². The van der Waals surface area contributed by atoms with Crippen molar-refractivity contribution in [2.24, 2.45) is 0 Å². The number of halogens is 1. The van der Waals surface area contributed by atoms with Gasteiger partial charge < -0.3 is 4.90 Å². The lowest BCUT2D eigenvalue weighted by Gasteiger charge is -2.16. The Morgan fingerprint density at radius 1 is 0.750 bits per heavy atom. The van der Waals surface area contributed by atoms with Gasteiger partial charge in [-0.25, -0.2) is 0 Å². The van der Waals surface area contributed by atoms with E-state index >= 15 is 0 Å². The van der Waals surface area contributed by atoms with Crippen molar-refractivity contribution < 1.29 is 0 Å². The van der Waals surface area contributed by atoms with E-state index in [4.69, 9.17) is 11.6 Å². The smallest absolute Gasteiger partial charge is 0.0235 e. The van der Waals surface area contributed by atoms with Crippen molar-refractivity contribution in [3.63, 3.8) is 0 Å². The van der Waals surface area contributed by atoms with E-state index in [1.54, 1.807) is 18.5 Å². The molecule has 0 aromatic carbocycles. The Labute approximate surface area is 135 Å². The molecule has 0 spiro atoms. The van der Waals surface area contributed by atoms with Crippen LogP contribution in [0.15, 0.2) is 0 Å². The van der Waals surface area contributed by atoms with E-state index in [1.807, 2.05) is 14.1 Å². The number of alkyl halides is 1. The molecule has 1 nitrogen and oxygen atoms in total. The maximum absolute atomic E-state index is 5.42. The fourth-order valence-electron chi connectivity index (χ4n) is 1.86. The van der Waals surface area contributed by atoms with Gasteiger partial charge in [0.15, 0.2) is 0 Å². The predicted octanol–water partition coefficient (Wildman–Crippen LogP) is 6.05. The summed E-state index contributed by atoms with van der Waals surface area (Å²) in [7, 11) is 4.52. The molecule has 0 aliphatic rings. The van der Waals surface area contributed by atoms with Crippen molar-refractivity contribution in [2.45, 2.75) is 65.7 Å². The minimum absolute atomic E-state index is 0.422. The Morgan fingerprint density at radius 3 is 1.35 bits per heavy atom. The van der Waals surface area contributed by atoms with Crippen LogP contribution in [0.2, 0.25) is 0 Å². The van der Waals surface area contributed by atoms with Crippen molar-refractivity contribution >= 4 is 19.5 Å². The van der Waals surface area contributed by atoms with E-state index in [2.05, 4.69) is 25.7 Å². The molecule has 0 aliphatic heterocycles. The lowest BCUT2D eigenvalue weighted by molar-refractivity contribution is 0.409. The van der Waals surface area contributed by atoms with Gasteiger partial charge in [-0.1, -0.05) is 40.0 Å². The fourth-order valence-corrected chi connectivity index (χ4v) is 4.94. The van der Waals surface area contributed by atoms with Crippen molar-refractivity contribution in [1.29, 1.82) is 0 Å². The summed E-state index contributed by atoms with van der Waals surface area (Å²) in [5.74, 6) is 0.776. The van der Waals surface area contributed by atoms with Crippen LogP contribution < -0.4 is 0 Å². The van der Waals surface area contributed by atoms with Crippen LogP contribution in [0.5, 0.6) is 0 Å². The van der Waals surface area contributed by atoms with Crippen molar-refractivity contribution in [1.82, 2.24) is 4.90 Å². The molecule has 0 atom stereocenters. The SMILES string of the molecule is CCCCP(CCCC)CCCC.CN(C)CCCCl. The summed E-state index contributed by atoms with van der Waals surface area (Å²) in [4.78, 5) is 2.13. The molecule has 0 saturated heterocycles. The van der Waals surface area contributed by atoms with Crippen LogP contribution in [-0.4, -0.2) is 49.9 Å². The third-order valence-corrected chi connectivity index (χ3v) is 6.34. The first-order valence-corrected chi connectivity index (χ1v) is 11.0. The van der Waals surface area contributed by atoms with Crippen LogP contribution in [0.25, 0.3) is 0 Å². The van der Waals surface area contributed by atoms with E-state index in [9.17, 15) is 0 Å². The Hall–Kier alpha value is 0.680. The van der Waals surface area contributed by atoms with E-state index in [-0.39, 0.29) is 0 Å². The molecule has 0 rings (SSSR count). The number of hydrogen-bond acceptors (Lipinski definition) is 1. The van der Waals surface area contributed by atoms with Crippen LogP contribution in [0.1, 0.15) is 65.7 Å². The van der Waals surface area contributed by atoms with Crippen molar-refractivity contribution in [2.75, 3.05) is 45.0 Å². The highest BCUT2D eigenvalue weighted by molar-refractivity contribution is 7.57. The molecule has 0 amide bonds. The maximum atomic E-state index is 5.42. The zero-order chi connectivity index (χ0) is 15.6. The number of unbranched alkanes of at least 4 members (excludes halogenated alkanes) is 3. The maximum Gasteiger partial charge on any atom is 0.0235 e. The molecule has 0 radical (unpaired) electrons. The first-order valence-electron chi connectivity index (χ1n) is 8.55. The normalized spacial score (nSPS) is 10.8. The molecule has 0 aromatic heterocycles. The van der Waals surface area contributed by atoms with Crippen molar-refractivity contribution in [3.8, 4) is 0 Å². The summed E-state index contributed by atoms with van der Waals surface area (Å²) in [6.07, 6.45) is 14.3. The van der Waals surface area contributed by atoms with Gasteiger partial charge in [-0.3, -0.25) is 0 Å². The Balaban J connectivity index is 0. The minimum atomic E-state index is 0.422. The second kappa shape index (κ2) is 19.7. The molecular weight excluding hydrogens is 285 g/mol. The predicted molar refractivity (Wildman–Crippen MR) is 100 cm³/mol. The Bertz CT molecular complexity index is 146. The minimum Gasteiger partial charge on any atom is -0.309 e. The van der Waals surface area contributed by atoms with Crippen LogP contribution in [0, 0.1) is 0 Å². The van der Waals surface area contributed by atoms with Gasteiger partial charge in [0.05, 0.1) is 0 Å². The average molecular weight is 324 g/mol. The number of nitrogens with zero attached hydrogens (tertiary/aromatic N) is 1. The Kier molecular flexibility index (Phi) is 22.6. The third kappa shape index (κ3) is 21.0. The number of hydrogen-bond donors (Lipinski definition) is 0. The van der Waals surface area contributed by atoms with Gasteiger partial charge in [-0.2, -0.15) is 0 Å². The molecule has 20 heavy (non-hydrogen) atoms. The largest absolute Gasteiger partial charge is 0.309 e. The van der Waals surface area contributed by atoms with Gasteiger partial charge in [0, 0.05) is 5.88 Å². The molecule has 0 fully saturated rings. The summed E-state index contributed by atoms with van der Waals surface area (Å²) in [6.45, 7) is 8.04. The monoisotopic (exact) mass is 323 g/mol. The second-order valence-corrected chi connectivity index (χ2v) is 8.81. The van der Waals surface area contributed by atoms with Crippen LogP contribution in [-0.2, 0) is 0 Å². The lowest BCUT2D eigenvalue weighted by Crippen LogP contribution is -2.12. The molecule has 124 valence electrons. The third-order valence-electron chi connectivity index (χ3n) is 3.22. The highest BCUT2D eigenvalue weighted by Gasteiger charge is 2.05. The topological polar surface area (TPSA) is 3.24 Å². The summed E-state index contributed by atoms with van der Waals surface area (Å²) < 4.78 is 0. The summed E-state index contributed by atoms with van der Waals surface area (Å²) in [5.41, 5.74) is 0. The zero-order valence-corrected chi connectivity index (χ0v) is 16.4. The van der Waals surface area contributed by atoms with E-state index < -0.39 is 0 Å². The molecule has 0 N–H and O–H groups in total. The van der Waals surface area contributed by atoms with Gasteiger partial charge >= 0.3 is 0 Å². The lowest BCUT2D eigenvalue weighted by atomic mass is 10.4. The second-order valence-electron chi connectivity index (χ2n) is 5.75. The summed E-state index contributed by atoms with van der Waals surface area (Å²) in [6, 6.07) is 0. The standard InChI is InChI=1S/C12H27P.C5H12ClN/c1-4-7-10-13(11-8-5-2)12-9-6-3;1-7(2)5-3-4-6/h4-12H2,1-3H3;3-5H2,1-2H3. The molecule has 0 saturated carbocycles. The highest BCUT2D eigenvalue weighted by Crippen LogP contribution is 2.38. The first kappa shape index (κ1) is 23.0. The molecule has 0 aliphatic carbocycles. The van der Waals surface area contributed by atoms with Crippen molar-refractivity contribution in [3.05, 3.63) is 0 Å². The van der Waals surface area contributed by atoms with Gasteiger partial charge in [-0.05, 0) is 64.8 Å². The first-order chi connectivity index (χ1) is 9.62. The fraction of sp³-hybridized carbons (Fsp3) is 1.00. The molecule has 0 aromatic rings. The van der Waals surface area contributed by atoms with Gasteiger partial charge in [0.25, 0.3) is 0 Å². The molecular formula is C17H39ClNP. The van der Waals surface area contributed by atoms with E-state index in [1.165, 1.54) is 38.5 Å². The van der Waals surface area contributed by atoms with Gasteiger partial charge in [0.1, 0.15) is 0 Å². The van der Waals surface area contributed by atoms with E-state index in [0.717, 1.165) is 18.8 Å². The van der Waals surface area contributed by atoms with E-state index in [0.29, 0.717) is 7.92 Å². The molecule has 0 unspecified atom stereocenters. The summed E-state index contributed by atoms with van der Waals surface area (Å²) >= 11 is 5.42. The molecule has 0 heterocycles.